The molecule has 2 N–H and O–H groups in total. The average Bonchev–Trinajstić information content (AvgIpc) is 3.64. The number of amides is 3. The molecule has 0 heterocycles. The van der Waals surface area contributed by atoms with Gasteiger partial charge in [0.15, 0.2) is 0 Å². The van der Waals surface area contributed by atoms with Crippen LogP contribution in [0.5, 0.6) is 0 Å². The standard InChI is InChI=1S/C34H39N3O4/c1-8-23-13-15-25(16-14-23)30(31(38)35-27-18-17-24-11-9-10-12-26(24)20-27)37(28-19-22(28)4)32(39)29(21(2)3)36-33(40)41-34(5,6)7/h1,9-18,20-22,28-30H,19H2,2-7H3,(H,35,38)(H,36,40). The third kappa shape index (κ3) is 7.26. The molecular formula is C34H39N3O4. The fraction of sp³-hybridized carbons (Fsp3) is 0.382. The van der Waals surface area contributed by atoms with Crippen LogP contribution in [0.25, 0.3) is 10.8 Å². The molecule has 41 heavy (non-hydrogen) atoms. The molecule has 4 unspecified atom stereocenters. The normalized spacial score (nSPS) is 17.7. The average molecular weight is 554 g/mol. The van der Waals surface area contributed by atoms with Crippen LogP contribution in [0.15, 0.2) is 66.7 Å². The number of fused-ring (bicyclic) bond motifs is 1. The quantitative estimate of drug-likeness (QED) is 0.321. The highest BCUT2D eigenvalue weighted by Crippen LogP contribution is 2.41. The highest BCUT2D eigenvalue weighted by molar-refractivity contribution is 6.00. The predicted molar refractivity (Wildman–Crippen MR) is 162 cm³/mol. The van der Waals surface area contributed by atoms with Crippen LogP contribution in [0.3, 0.4) is 0 Å². The van der Waals surface area contributed by atoms with Crippen LogP contribution in [-0.4, -0.2) is 40.5 Å². The molecule has 0 aliphatic heterocycles. The first-order chi connectivity index (χ1) is 19.4. The molecular weight excluding hydrogens is 514 g/mol. The number of ether oxygens (including phenoxy) is 1. The molecule has 4 rings (SSSR count). The number of rotatable bonds is 8. The second-order valence-electron chi connectivity index (χ2n) is 12.1. The molecule has 3 aromatic carbocycles. The van der Waals surface area contributed by atoms with Gasteiger partial charge in [0.1, 0.15) is 17.7 Å². The number of hydrogen-bond acceptors (Lipinski definition) is 4. The first-order valence-corrected chi connectivity index (χ1v) is 14.1. The number of carbonyl (C=O) groups excluding carboxylic acids is 3. The Balaban J connectivity index is 1.72. The van der Waals surface area contributed by atoms with E-state index in [0.717, 1.165) is 17.2 Å². The summed E-state index contributed by atoms with van der Waals surface area (Å²) in [5.74, 6) is 1.88. The lowest BCUT2D eigenvalue weighted by molar-refractivity contribution is -0.142. The van der Waals surface area contributed by atoms with E-state index in [1.165, 1.54) is 0 Å². The van der Waals surface area contributed by atoms with Crippen LogP contribution in [0, 0.1) is 24.2 Å². The van der Waals surface area contributed by atoms with E-state index in [2.05, 4.69) is 23.5 Å². The van der Waals surface area contributed by atoms with Crippen LogP contribution in [-0.2, 0) is 14.3 Å². The van der Waals surface area contributed by atoms with Gasteiger partial charge in [0.25, 0.3) is 5.91 Å². The summed E-state index contributed by atoms with van der Waals surface area (Å²) in [5, 5.41) is 7.87. The Kier molecular flexibility index (Phi) is 8.72. The lowest BCUT2D eigenvalue weighted by Gasteiger charge is -2.36. The van der Waals surface area contributed by atoms with Gasteiger partial charge in [-0.05, 0) is 79.6 Å². The highest BCUT2D eigenvalue weighted by Gasteiger charge is 2.48. The summed E-state index contributed by atoms with van der Waals surface area (Å²) in [4.78, 5) is 42.8. The number of nitrogens with one attached hydrogen (secondary N) is 2. The summed E-state index contributed by atoms with van der Waals surface area (Å²) in [6.07, 6.45) is 5.66. The Morgan fingerprint density at radius 3 is 2.20 bits per heavy atom. The first kappa shape index (κ1) is 29.7. The molecule has 0 bridgehead atoms. The van der Waals surface area contributed by atoms with Gasteiger partial charge in [-0.1, -0.05) is 69.2 Å². The van der Waals surface area contributed by atoms with E-state index >= 15 is 0 Å². The van der Waals surface area contributed by atoms with Crippen molar-refractivity contribution in [3.05, 3.63) is 77.9 Å². The fourth-order valence-corrected chi connectivity index (χ4v) is 4.96. The van der Waals surface area contributed by atoms with E-state index in [4.69, 9.17) is 11.2 Å². The topological polar surface area (TPSA) is 87.7 Å². The minimum absolute atomic E-state index is 0.163. The van der Waals surface area contributed by atoms with Crippen molar-refractivity contribution in [1.82, 2.24) is 10.2 Å². The van der Waals surface area contributed by atoms with Gasteiger partial charge in [0, 0.05) is 17.3 Å². The minimum Gasteiger partial charge on any atom is -0.444 e. The van der Waals surface area contributed by atoms with Crippen LogP contribution >= 0.6 is 0 Å². The summed E-state index contributed by atoms with van der Waals surface area (Å²) in [6, 6.07) is 18.7. The SMILES string of the molecule is C#Cc1ccc(C(C(=O)Nc2ccc3ccccc3c2)N(C(=O)C(NC(=O)OC(C)(C)C)C(C)C)C2CC2C)cc1. The van der Waals surface area contributed by atoms with Crippen molar-refractivity contribution < 1.29 is 19.1 Å². The Morgan fingerprint density at radius 1 is 1.00 bits per heavy atom. The smallest absolute Gasteiger partial charge is 0.408 e. The fourth-order valence-electron chi connectivity index (χ4n) is 4.96. The number of carbonyl (C=O) groups is 3. The summed E-state index contributed by atoms with van der Waals surface area (Å²) >= 11 is 0. The zero-order chi connectivity index (χ0) is 29.9. The third-order valence-corrected chi connectivity index (χ3v) is 7.22. The van der Waals surface area contributed by atoms with Crippen molar-refractivity contribution in [1.29, 1.82) is 0 Å². The van der Waals surface area contributed by atoms with Crippen LogP contribution < -0.4 is 10.6 Å². The highest BCUT2D eigenvalue weighted by atomic mass is 16.6. The van der Waals surface area contributed by atoms with Crippen molar-refractivity contribution in [2.24, 2.45) is 11.8 Å². The number of hydrogen-bond donors (Lipinski definition) is 2. The Bertz CT molecular complexity index is 1470. The van der Waals surface area contributed by atoms with Crippen LogP contribution in [0.4, 0.5) is 10.5 Å². The van der Waals surface area contributed by atoms with E-state index in [1.807, 2.05) is 56.3 Å². The van der Waals surface area contributed by atoms with Crippen LogP contribution in [0.2, 0.25) is 0 Å². The maximum absolute atomic E-state index is 14.3. The summed E-state index contributed by atoms with van der Waals surface area (Å²) in [5.41, 5.74) is 1.21. The van der Waals surface area contributed by atoms with E-state index in [1.54, 1.807) is 49.9 Å². The number of benzene rings is 3. The van der Waals surface area contributed by atoms with E-state index in [9.17, 15) is 14.4 Å². The molecule has 3 amide bonds. The van der Waals surface area contributed by atoms with Crippen LogP contribution in [0.1, 0.15) is 65.1 Å². The number of nitrogens with zero attached hydrogens (tertiary/aromatic N) is 1. The van der Waals surface area contributed by atoms with E-state index in [-0.39, 0.29) is 29.7 Å². The largest absolute Gasteiger partial charge is 0.444 e. The minimum atomic E-state index is -0.947. The van der Waals surface area contributed by atoms with Crippen molar-refractivity contribution >= 4 is 34.4 Å². The van der Waals surface area contributed by atoms with Gasteiger partial charge in [-0.25, -0.2) is 4.79 Å². The molecule has 1 aliphatic rings. The van der Waals surface area contributed by atoms with Crippen molar-refractivity contribution in [2.75, 3.05) is 5.32 Å². The Morgan fingerprint density at radius 2 is 1.63 bits per heavy atom. The molecule has 1 fully saturated rings. The first-order valence-electron chi connectivity index (χ1n) is 14.1. The summed E-state index contributed by atoms with van der Waals surface area (Å²) in [6.45, 7) is 11.1. The summed E-state index contributed by atoms with van der Waals surface area (Å²) in [7, 11) is 0. The molecule has 4 atom stereocenters. The second kappa shape index (κ2) is 12.1. The molecule has 0 saturated heterocycles. The summed E-state index contributed by atoms with van der Waals surface area (Å²) < 4.78 is 5.46. The lowest BCUT2D eigenvalue weighted by Crippen LogP contribution is -2.55. The molecule has 7 heteroatoms. The second-order valence-corrected chi connectivity index (χ2v) is 12.1. The van der Waals surface area contributed by atoms with Gasteiger partial charge in [-0.3, -0.25) is 9.59 Å². The molecule has 0 spiro atoms. The van der Waals surface area contributed by atoms with Gasteiger partial charge in [0.05, 0.1) is 0 Å². The predicted octanol–water partition coefficient (Wildman–Crippen LogP) is 6.29. The van der Waals surface area contributed by atoms with E-state index < -0.39 is 23.8 Å². The zero-order valence-corrected chi connectivity index (χ0v) is 24.6. The van der Waals surface area contributed by atoms with Gasteiger partial charge in [0.2, 0.25) is 5.91 Å². The molecule has 214 valence electrons. The van der Waals surface area contributed by atoms with E-state index in [0.29, 0.717) is 16.8 Å². The van der Waals surface area contributed by atoms with Crippen molar-refractivity contribution in [3.8, 4) is 12.3 Å². The van der Waals surface area contributed by atoms with Gasteiger partial charge in [-0.15, -0.1) is 6.42 Å². The maximum Gasteiger partial charge on any atom is 0.408 e. The number of alkyl carbamates (subject to hydrolysis) is 1. The monoisotopic (exact) mass is 553 g/mol. The Hall–Kier alpha value is -4.31. The van der Waals surface area contributed by atoms with Crippen molar-refractivity contribution in [3.63, 3.8) is 0 Å². The van der Waals surface area contributed by atoms with Gasteiger partial charge >= 0.3 is 6.09 Å². The zero-order valence-electron chi connectivity index (χ0n) is 24.6. The maximum atomic E-state index is 14.3. The molecule has 1 aliphatic carbocycles. The van der Waals surface area contributed by atoms with Gasteiger partial charge in [-0.2, -0.15) is 0 Å². The third-order valence-electron chi connectivity index (χ3n) is 7.22. The molecule has 7 nitrogen and oxygen atoms in total. The molecule has 3 aromatic rings. The number of terminal acetylenes is 1. The molecule has 1 saturated carbocycles. The Labute approximate surface area is 242 Å². The lowest BCUT2D eigenvalue weighted by atomic mass is 9.97. The molecule has 0 radical (unpaired) electrons. The van der Waals surface area contributed by atoms with Crippen molar-refractivity contribution in [2.45, 2.75) is 71.7 Å². The van der Waals surface area contributed by atoms with Gasteiger partial charge < -0.3 is 20.3 Å². The molecule has 0 aromatic heterocycles. The number of anilines is 1.